The van der Waals surface area contributed by atoms with Gasteiger partial charge in [0.05, 0.1) is 16.4 Å². The minimum atomic E-state index is -4.94. The van der Waals surface area contributed by atoms with Crippen LogP contribution in [0.4, 0.5) is 18.9 Å². The van der Waals surface area contributed by atoms with Gasteiger partial charge >= 0.3 is 6.18 Å². The number of carboxylic acids is 1. The first kappa shape index (κ1) is 18.1. The van der Waals surface area contributed by atoms with E-state index in [-0.39, 0.29) is 16.3 Å². The molecule has 2 aromatic carbocycles. The third-order valence-electron chi connectivity index (χ3n) is 2.89. The van der Waals surface area contributed by atoms with Gasteiger partial charge in [0.2, 0.25) is 0 Å². The molecule has 24 heavy (non-hydrogen) atoms. The third-order valence-corrected chi connectivity index (χ3v) is 4.56. The number of hydrogen-bond acceptors (Lipinski definition) is 4. The number of carbonyl (C=O) groups is 1. The zero-order valence-corrected chi connectivity index (χ0v) is 13.2. The second-order valence-electron chi connectivity index (χ2n) is 4.61. The zero-order chi connectivity index (χ0) is 18.1. The number of hydrogen-bond donors (Lipinski definition) is 1. The predicted octanol–water partition coefficient (Wildman–Crippen LogP) is 2.52. The van der Waals surface area contributed by atoms with Crippen LogP contribution in [0.3, 0.4) is 0 Å². The van der Waals surface area contributed by atoms with Gasteiger partial charge in [-0.3, -0.25) is 4.72 Å². The second-order valence-corrected chi connectivity index (χ2v) is 6.70. The lowest BCUT2D eigenvalue weighted by atomic mass is 10.2. The van der Waals surface area contributed by atoms with Crippen molar-refractivity contribution in [2.24, 2.45) is 0 Å². The molecule has 10 heteroatoms. The highest BCUT2D eigenvalue weighted by Gasteiger charge is 2.37. The number of nitrogens with one attached hydrogen (secondary N) is 1. The van der Waals surface area contributed by atoms with E-state index in [0.717, 1.165) is 24.3 Å². The third kappa shape index (κ3) is 3.98. The SMILES string of the molecule is O=C([O-])c1cccc(NS(=O)(=O)c2ccc(Cl)cc2C(F)(F)F)c1. The largest absolute Gasteiger partial charge is 0.545 e. The van der Waals surface area contributed by atoms with E-state index >= 15 is 0 Å². The van der Waals surface area contributed by atoms with Crippen LogP contribution < -0.4 is 9.83 Å². The lowest BCUT2D eigenvalue weighted by molar-refractivity contribution is -0.255. The Bertz CT molecular complexity index is 897. The summed E-state index contributed by atoms with van der Waals surface area (Å²) in [7, 11) is -4.63. The van der Waals surface area contributed by atoms with Crippen LogP contribution in [0.5, 0.6) is 0 Å². The molecule has 0 aliphatic carbocycles. The average molecular weight is 379 g/mol. The number of sulfonamides is 1. The Morgan fingerprint density at radius 1 is 1.12 bits per heavy atom. The molecule has 0 atom stereocenters. The van der Waals surface area contributed by atoms with Gasteiger partial charge in [0.1, 0.15) is 0 Å². The fraction of sp³-hybridized carbons (Fsp3) is 0.0714. The molecule has 0 unspecified atom stereocenters. The maximum Gasteiger partial charge on any atom is 0.417 e. The monoisotopic (exact) mass is 378 g/mol. The van der Waals surface area contributed by atoms with E-state index in [1.807, 2.05) is 4.72 Å². The predicted molar refractivity (Wildman–Crippen MR) is 78.0 cm³/mol. The lowest BCUT2D eigenvalue weighted by Gasteiger charge is -2.15. The van der Waals surface area contributed by atoms with Gasteiger partial charge in [0.15, 0.2) is 0 Å². The van der Waals surface area contributed by atoms with Crippen LogP contribution in [0.15, 0.2) is 47.4 Å². The molecule has 5 nitrogen and oxygen atoms in total. The fourth-order valence-corrected chi connectivity index (χ4v) is 3.31. The average Bonchev–Trinajstić information content (AvgIpc) is 2.45. The van der Waals surface area contributed by atoms with Crippen molar-refractivity contribution in [3.63, 3.8) is 0 Å². The number of benzene rings is 2. The van der Waals surface area contributed by atoms with Crippen LogP contribution in [0.1, 0.15) is 15.9 Å². The zero-order valence-electron chi connectivity index (χ0n) is 11.6. The molecule has 0 spiro atoms. The van der Waals surface area contributed by atoms with Gasteiger partial charge in [-0.25, -0.2) is 8.42 Å². The van der Waals surface area contributed by atoms with Crippen molar-refractivity contribution in [3.05, 3.63) is 58.6 Å². The molecule has 128 valence electrons. The first-order valence-corrected chi connectivity index (χ1v) is 8.08. The highest BCUT2D eigenvalue weighted by molar-refractivity contribution is 7.92. The Kier molecular flexibility index (Phi) is 4.77. The van der Waals surface area contributed by atoms with Gasteiger partial charge in [-0.05, 0) is 35.9 Å². The van der Waals surface area contributed by atoms with E-state index in [9.17, 15) is 31.5 Å². The van der Waals surface area contributed by atoms with Crippen LogP contribution in [0, 0.1) is 0 Å². The maximum absolute atomic E-state index is 13.0. The summed E-state index contributed by atoms with van der Waals surface area (Å²) in [6, 6.07) is 6.70. The highest BCUT2D eigenvalue weighted by atomic mass is 35.5. The van der Waals surface area contributed by atoms with Crippen molar-refractivity contribution >= 4 is 33.3 Å². The van der Waals surface area contributed by atoms with Crippen LogP contribution in [-0.2, 0) is 16.2 Å². The number of aromatic carboxylic acids is 1. The standard InChI is InChI=1S/C14H9ClF3NO4S/c15-9-4-5-12(11(7-9)14(16,17)18)24(22,23)19-10-3-1-2-8(6-10)13(20)21/h1-7,19H,(H,20,21)/p-1. The van der Waals surface area contributed by atoms with Gasteiger partial charge < -0.3 is 9.90 Å². The fourth-order valence-electron chi connectivity index (χ4n) is 1.88. The van der Waals surface area contributed by atoms with Crippen molar-refractivity contribution in [1.29, 1.82) is 0 Å². The summed E-state index contributed by atoms with van der Waals surface area (Å²) in [6.45, 7) is 0. The summed E-state index contributed by atoms with van der Waals surface area (Å²) in [4.78, 5) is 9.73. The summed E-state index contributed by atoms with van der Waals surface area (Å²) < 4.78 is 65.5. The molecule has 0 radical (unpaired) electrons. The van der Waals surface area contributed by atoms with Gasteiger partial charge in [-0.2, -0.15) is 13.2 Å². The summed E-state index contributed by atoms with van der Waals surface area (Å²) in [5.41, 5.74) is -1.99. The highest BCUT2D eigenvalue weighted by Crippen LogP contribution is 2.36. The molecule has 0 amide bonds. The van der Waals surface area contributed by atoms with Gasteiger partial charge in [0.25, 0.3) is 10.0 Å². The smallest absolute Gasteiger partial charge is 0.417 e. The quantitative estimate of drug-likeness (QED) is 0.885. The Morgan fingerprint density at radius 3 is 2.38 bits per heavy atom. The molecule has 0 aliphatic heterocycles. The van der Waals surface area contributed by atoms with E-state index in [1.165, 1.54) is 12.1 Å². The summed E-state index contributed by atoms with van der Waals surface area (Å²) in [6.07, 6.45) is -4.94. The summed E-state index contributed by atoms with van der Waals surface area (Å²) >= 11 is 5.50. The van der Waals surface area contributed by atoms with Gasteiger partial charge in [-0.15, -0.1) is 0 Å². The number of carboxylic acid groups (broad SMARTS) is 1. The molecule has 2 aromatic rings. The molecular formula is C14H8ClF3NO4S-. The van der Waals surface area contributed by atoms with Crippen LogP contribution in [0.2, 0.25) is 5.02 Å². The first-order chi connectivity index (χ1) is 11.0. The second kappa shape index (κ2) is 6.33. The molecule has 0 heterocycles. The lowest BCUT2D eigenvalue weighted by Crippen LogP contribution is -2.23. The Morgan fingerprint density at radius 2 is 1.79 bits per heavy atom. The molecule has 0 saturated carbocycles. The van der Waals surface area contributed by atoms with Crippen molar-refractivity contribution in [2.45, 2.75) is 11.1 Å². The number of rotatable bonds is 4. The van der Waals surface area contributed by atoms with E-state index < -0.39 is 32.6 Å². The van der Waals surface area contributed by atoms with E-state index in [4.69, 9.17) is 11.6 Å². The van der Waals surface area contributed by atoms with Crippen molar-refractivity contribution in [3.8, 4) is 0 Å². The molecule has 2 rings (SSSR count). The Hall–Kier alpha value is -2.26. The summed E-state index contributed by atoms with van der Waals surface area (Å²) in [5, 5.41) is 10.5. The number of alkyl halides is 3. The minimum Gasteiger partial charge on any atom is -0.545 e. The van der Waals surface area contributed by atoms with Gasteiger partial charge in [0, 0.05) is 10.7 Å². The molecule has 1 N–H and O–H groups in total. The van der Waals surface area contributed by atoms with Crippen LogP contribution in [-0.4, -0.2) is 14.4 Å². The van der Waals surface area contributed by atoms with Gasteiger partial charge in [-0.1, -0.05) is 23.7 Å². The molecule has 0 bridgehead atoms. The van der Waals surface area contributed by atoms with Crippen molar-refractivity contribution in [1.82, 2.24) is 0 Å². The van der Waals surface area contributed by atoms with Crippen LogP contribution in [0.25, 0.3) is 0 Å². The maximum atomic E-state index is 13.0. The van der Waals surface area contributed by atoms with E-state index in [1.54, 1.807) is 0 Å². The van der Waals surface area contributed by atoms with Crippen LogP contribution >= 0.6 is 11.6 Å². The number of carbonyl (C=O) groups excluding carboxylic acids is 1. The Labute approximate surface area is 139 Å². The van der Waals surface area contributed by atoms with E-state index in [0.29, 0.717) is 6.07 Å². The number of halogens is 4. The molecule has 0 saturated heterocycles. The molecule has 0 aromatic heterocycles. The number of anilines is 1. The van der Waals surface area contributed by atoms with Crippen molar-refractivity contribution < 1.29 is 31.5 Å². The molecule has 0 fully saturated rings. The Balaban J connectivity index is 2.49. The van der Waals surface area contributed by atoms with Crippen molar-refractivity contribution in [2.75, 3.05) is 4.72 Å². The normalized spacial score (nSPS) is 12.0. The summed E-state index contributed by atoms with van der Waals surface area (Å²) in [5.74, 6) is -1.56. The minimum absolute atomic E-state index is 0.222. The first-order valence-electron chi connectivity index (χ1n) is 6.22. The topological polar surface area (TPSA) is 86.3 Å². The van der Waals surface area contributed by atoms with E-state index in [2.05, 4.69) is 0 Å². The molecule has 0 aliphatic rings. The molecular weight excluding hydrogens is 371 g/mol.